The van der Waals surface area contributed by atoms with Gasteiger partial charge in [0.15, 0.2) is 0 Å². The van der Waals surface area contributed by atoms with E-state index >= 15 is 0 Å². The summed E-state index contributed by atoms with van der Waals surface area (Å²) in [5, 5.41) is 6.62. The molecule has 3 aliphatic rings. The second-order valence-corrected chi connectivity index (χ2v) is 6.06. The zero-order valence-electron chi connectivity index (χ0n) is 11.2. The lowest BCUT2D eigenvalue weighted by atomic mass is 9.93. The SMILES string of the molecule is COC1CCCC1NC(=O)C1NCC2CCCC21. The molecule has 2 saturated carbocycles. The number of amides is 1. The lowest BCUT2D eigenvalue weighted by Crippen LogP contribution is -2.50. The van der Waals surface area contributed by atoms with Gasteiger partial charge in [-0.2, -0.15) is 0 Å². The average Bonchev–Trinajstić information content (AvgIpc) is 3.03. The van der Waals surface area contributed by atoms with Crippen LogP contribution in [0.5, 0.6) is 0 Å². The Labute approximate surface area is 109 Å². The van der Waals surface area contributed by atoms with Gasteiger partial charge in [-0.15, -0.1) is 0 Å². The van der Waals surface area contributed by atoms with Gasteiger partial charge in [-0.1, -0.05) is 6.42 Å². The van der Waals surface area contributed by atoms with Gasteiger partial charge in [0.2, 0.25) is 5.91 Å². The van der Waals surface area contributed by atoms with Crippen molar-refractivity contribution in [2.24, 2.45) is 11.8 Å². The van der Waals surface area contributed by atoms with E-state index in [0.717, 1.165) is 31.7 Å². The maximum Gasteiger partial charge on any atom is 0.237 e. The molecule has 18 heavy (non-hydrogen) atoms. The van der Waals surface area contributed by atoms with Gasteiger partial charge in [0, 0.05) is 7.11 Å². The highest BCUT2D eigenvalue weighted by Crippen LogP contribution is 2.37. The molecule has 2 N–H and O–H groups in total. The molecular weight excluding hydrogens is 228 g/mol. The zero-order valence-corrected chi connectivity index (χ0v) is 11.2. The number of rotatable bonds is 3. The van der Waals surface area contributed by atoms with Crippen LogP contribution >= 0.6 is 0 Å². The molecular formula is C14H24N2O2. The summed E-state index contributed by atoms with van der Waals surface area (Å²) in [6, 6.07) is 0.278. The number of carbonyl (C=O) groups excluding carboxylic acids is 1. The summed E-state index contributed by atoms with van der Waals surface area (Å²) in [6.07, 6.45) is 7.32. The van der Waals surface area contributed by atoms with Crippen molar-refractivity contribution in [3.8, 4) is 0 Å². The summed E-state index contributed by atoms with van der Waals surface area (Å²) < 4.78 is 5.44. The highest BCUT2D eigenvalue weighted by atomic mass is 16.5. The number of nitrogens with one attached hydrogen (secondary N) is 2. The van der Waals surface area contributed by atoms with E-state index in [1.165, 1.54) is 19.3 Å². The van der Waals surface area contributed by atoms with Crippen LogP contribution in [0.1, 0.15) is 38.5 Å². The normalized spacial score (nSPS) is 43.1. The van der Waals surface area contributed by atoms with Crippen LogP contribution in [0, 0.1) is 11.8 Å². The van der Waals surface area contributed by atoms with Crippen molar-refractivity contribution in [1.82, 2.24) is 10.6 Å². The predicted molar refractivity (Wildman–Crippen MR) is 69.2 cm³/mol. The maximum absolute atomic E-state index is 12.4. The minimum absolute atomic E-state index is 0.0515. The minimum atomic E-state index is 0.0515. The van der Waals surface area contributed by atoms with E-state index in [1.54, 1.807) is 7.11 Å². The van der Waals surface area contributed by atoms with Crippen LogP contribution in [0.25, 0.3) is 0 Å². The molecule has 1 aliphatic heterocycles. The summed E-state index contributed by atoms with van der Waals surface area (Å²) in [4.78, 5) is 12.4. The Hall–Kier alpha value is -0.610. The molecule has 0 spiro atoms. The molecule has 3 fully saturated rings. The highest BCUT2D eigenvalue weighted by Gasteiger charge is 2.43. The van der Waals surface area contributed by atoms with Crippen LogP contribution in [0.15, 0.2) is 0 Å². The van der Waals surface area contributed by atoms with Crippen molar-refractivity contribution in [3.63, 3.8) is 0 Å². The number of methoxy groups -OCH3 is 1. The second kappa shape index (κ2) is 5.17. The van der Waals surface area contributed by atoms with Gasteiger partial charge in [0.1, 0.15) is 0 Å². The standard InChI is InChI=1S/C14H24N2O2/c1-18-12-7-3-6-11(12)16-14(17)13-10-5-2-4-9(10)8-15-13/h9-13,15H,2-8H2,1H3,(H,16,17). The minimum Gasteiger partial charge on any atom is -0.379 e. The van der Waals surface area contributed by atoms with Crippen LogP contribution in [0.3, 0.4) is 0 Å². The van der Waals surface area contributed by atoms with E-state index in [-0.39, 0.29) is 24.1 Å². The molecule has 0 bridgehead atoms. The predicted octanol–water partition coefficient (Wildman–Crippen LogP) is 1.06. The van der Waals surface area contributed by atoms with E-state index in [4.69, 9.17) is 4.74 Å². The van der Waals surface area contributed by atoms with Crippen LogP contribution < -0.4 is 10.6 Å². The molecule has 5 unspecified atom stereocenters. The summed E-state index contributed by atoms with van der Waals surface area (Å²) in [5.41, 5.74) is 0. The van der Waals surface area contributed by atoms with Gasteiger partial charge in [0.05, 0.1) is 18.2 Å². The molecule has 5 atom stereocenters. The average molecular weight is 252 g/mol. The molecule has 2 aliphatic carbocycles. The fourth-order valence-electron chi connectivity index (χ4n) is 4.12. The molecule has 0 aromatic heterocycles. The summed E-state index contributed by atoms with van der Waals surface area (Å²) in [5.74, 6) is 1.52. The van der Waals surface area contributed by atoms with Gasteiger partial charge in [-0.25, -0.2) is 0 Å². The van der Waals surface area contributed by atoms with Crippen LogP contribution in [0.2, 0.25) is 0 Å². The zero-order chi connectivity index (χ0) is 12.5. The Kier molecular flexibility index (Phi) is 3.57. The van der Waals surface area contributed by atoms with Crippen molar-refractivity contribution in [2.75, 3.05) is 13.7 Å². The number of hydrogen-bond acceptors (Lipinski definition) is 3. The molecule has 1 saturated heterocycles. The monoisotopic (exact) mass is 252 g/mol. The van der Waals surface area contributed by atoms with Gasteiger partial charge >= 0.3 is 0 Å². The summed E-state index contributed by atoms with van der Waals surface area (Å²) in [6.45, 7) is 1.03. The van der Waals surface area contributed by atoms with Crippen LogP contribution in [-0.2, 0) is 9.53 Å². The Morgan fingerprint density at radius 1 is 1.22 bits per heavy atom. The Balaban J connectivity index is 1.58. The third kappa shape index (κ3) is 2.16. The highest BCUT2D eigenvalue weighted by molar-refractivity contribution is 5.83. The van der Waals surface area contributed by atoms with Crippen molar-refractivity contribution in [2.45, 2.75) is 56.7 Å². The van der Waals surface area contributed by atoms with E-state index in [1.807, 2.05) is 0 Å². The van der Waals surface area contributed by atoms with Crippen molar-refractivity contribution in [1.29, 1.82) is 0 Å². The van der Waals surface area contributed by atoms with E-state index in [0.29, 0.717) is 5.92 Å². The Bertz CT molecular complexity index is 321. The van der Waals surface area contributed by atoms with E-state index < -0.39 is 0 Å². The quantitative estimate of drug-likeness (QED) is 0.789. The van der Waals surface area contributed by atoms with E-state index in [9.17, 15) is 4.79 Å². The van der Waals surface area contributed by atoms with Crippen molar-refractivity contribution >= 4 is 5.91 Å². The van der Waals surface area contributed by atoms with Crippen LogP contribution in [-0.4, -0.2) is 37.7 Å². The van der Waals surface area contributed by atoms with Gasteiger partial charge in [-0.05, 0) is 50.5 Å². The topological polar surface area (TPSA) is 50.4 Å². The lowest BCUT2D eigenvalue weighted by molar-refractivity contribution is -0.125. The first-order valence-corrected chi connectivity index (χ1v) is 7.36. The molecule has 0 aromatic carbocycles. The lowest BCUT2D eigenvalue weighted by Gasteiger charge is -2.24. The second-order valence-electron chi connectivity index (χ2n) is 6.06. The maximum atomic E-state index is 12.4. The molecule has 4 nitrogen and oxygen atoms in total. The molecule has 0 aromatic rings. The first-order valence-electron chi connectivity index (χ1n) is 7.36. The van der Waals surface area contributed by atoms with Crippen LogP contribution in [0.4, 0.5) is 0 Å². The first-order chi connectivity index (χ1) is 8.79. The smallest absolute Gasteiger partial charge is 0.237 e. The van der Waals surface area contributed by atoms with Gasteiger partial charge in [0.25, 0.3) is 0 Å². The molecule has 1 amide bonds. The van der Waals surface area contributed by atoms with Crippen molar-refractivity contribution < 1.29 is 9.53 Å². The molecule has 0 radical (unpaired) electrons. The van der Waals surface area contributed by atoms with Gasteiger partial charge in [-0.3, -0.25) is 4.79 Å². The largest absolute Gasteiger partial charge is 0.379 e. The molecule has 3 rings (SSSR count). The summed E-state index contributed by atoms with van der Waals surface area (Å²) in [7, 11) is 1.75. The summed E-state index contributed by atoms with van der Waals surface area (Å²) >= 11 is 0. The third-order valence-corrected chi connectivity index (χ3v) is 5.11. The third-order valence-electron chi connectivity index (χ3n) is 5.11. The van der Waals surface area contributed by atoms with E-state index in [2.05, 4.69) is 10.6 Å². The molecule has 4 heteroatoms. The Morgan fingerprint density at radius 3 is 2.89 bits per heavy atom. The fourth-order valence-corrected chi connectivity index (χ4v) is 4.12. The number of hydrogen-bond donors (Lipinski definition) is 2. The number of fused-ring (bicyclic) bond motifs is 1. The molecule has 102 valence electrons. The Morgan fingerprint density at radius 2 is 2.06 bits per heavy atom. The number of ether oxygens (including phenoxy) is 1. The van der Waals surface area contributed by atoms with Crippen molar-refractivity contribution in [3.05, 3.63) is 0 Å². The number of carbonyl (C=O) groups is 1. The van der Waals surface area contributed by atoms with Gasteiger partial charge < -0.3 is 15.4 Å². The first kappa shape index (κ1) is 12.4. The molecule has 1 heterocycles. The fraction of sp³-hybridized carbons (Fsp3) is 0.929.